The summed E-state index contributed by atoms with van der Waals surface area (Å²) in [5, 5.41) is -0.814. The zero-order chi connectivity index (χ0) is 60.4. The molecule has 4 aliphatic rings. The molecule has 4 heterocycles. The molecule has 436 valence electrons. The molecule has 4 unspecified atom stereocenters. The van der Waals surface area contributed by atoms with E-state index in [4.69, 9.17) is 30.0 Å². The van der Waals surface area contributed by atoms with E-state index < -0.39 is 25.0 Å². The molecule has 0 spiro atoms. The van der Waals surface area contributed by atoms with Crippen molar-refractivity contribution in [3.05, 3.63) is 273 Å². The Hall–Kier alpha value is -8.94. The zero-order valence-corrected chi connectivity index (χ0v) is 52.1. The lowest BCUT2D eigenvalue weighted by molar-refractivity contribution is 0.288. The monoisotopic (exact) mass is 1180 g/mol. The molecule has 4 aliphatic heterocycles. The van der Waals surface area contributed by atoms with Crippen molar-refractivity contribution in [2.75, 3.05) is 34.7 Å². The van der Waals surface area contributed by atoms with Crippen LogP contribution in [0.4, 0.5) is 22.7 Å². The number of fused-ring (bicyclic) bond motifs is 8. The smallest absolute Gasteiger partial charge is 0.292 e. The van der Waals surface area contributed by atoms with Gasteiger partial charge in [-0.2, -0.15) is 0 Å². The number of ether oxygens (including phenoxy) is 2. The molecule has 0 saturated heterocycles. The van der Waals surface area contributed by atoms with E-state index in [2.05, 4.69) is 147 Å². The summed E-state index contributed by atoms with van der Waals surface area (Å²) in [6.07, 6.45) is 0. The number of hydrogen-bond donors (Lipinski definition) is 2. The zero-order valence-electron chi connectivity index (χ0n) is 50.4. The van der Waals surface area contributed by atoms with Gasteiger partial charge in [-0.3, -0.25) is 9.13 Å². The minimum atomic E-state index is -3.76. The van der Waals surface area contributed by atoms with E-state index >= 15 is 9.13 Å². The number of benzene rings is 10. The van der Waals surface area contributed by atoms with Gasteiger partial charge in [0.15, 0.2) is 13.5 Å². The number of nitrogen functional groups attached to an aromatic ring is 2. The highest BCUT2D eigenvalue weighted by atomic mass is 31.2. The van der Waals surface area contributed by atoms with Crippen LogP contribution in [0.25, 0.3) is 22.3 Å². The van der Waals surface area contributed by atoms with E-state index in [-0.39, 0.29) is 5.41 Å². The van der Waals surface area contributed by atoms with Crippen molar-refractivity contribution in [3.8, 4) is 45.3 Å². The van der Waals surface area contributed by atoms with E-state index in [0.29, 0.717) is 48.7 Å². The first-order chi connectivity index (χ1) is 41.8. The molecule has 10 aromatic carbocycles. The number of hydrogen-bond acceptors (Lipinski definition) is 10. The van der Waals surface area contributed by atoms with Crippen molar-refractivity contribution in [3.63, 3.8) is 0 Å². The Bertz CT molecular complexity index is 4210. The Kier molecular flexibility index (Phi) is 13.2. The van der Waals surface area contributed by atoms with E-state index in [9.17, 15) is 0 Å². The number of para-hydroxylation sites is 2. The summed E-state index contributed by atoms with van der Waals surface area (Å²) in [4.78, 5) is 4.48. The second-order valence-corrected chi connectivity index (χ2v) is 30.1. The fourth-order valence-electron chi connectivity index (χ4n) is 13.8. The second kappa shape index (κ2) is 20.6. The first kappa shape index (κ1) is 55.9. The molecule has 10 aromatic rings. The van der Waals surface area contributed by atoms with Gasteiger partial charge in [-0.05, 0) is 181 Å². The van der Waals surface area contributed by atoms with Crippen LogP contribution in [0.3, 0.4) is 0 Å². The Balaban J connectivity index is 0.732. The van der Waals surface area contributed by atoms with Crippen LogP contribution in [0.15, 0.2) is 206 Å². The van der Waals surface area contributed by atoms with Crippen LogP contribution in [-0.4, -0.2) is 13.5 Å². The lowest BCUT2D eigenvalue weighted by Crippen LogP contribution is -2.35. The summed E-state index contributed by atoms with van der Waals surface area (Å²) in [5.74, 6) is 2.94. The van der Waals surface area contributed by atoms with Gasteiger partial charge >= 0.3 is 0 Å². The summed E-state index contributed by atoms with van der Waals surface area (Å²) in [5.41, 5.74) is 31.5. The molecule has 0 saturated carbocycles. The molecule has 0 bridgehead atoms. The van der Waals surface area contributed by atoms with Crippen molar-refractivity contribution in [2.24, 2.45) is 0 Å². The van der Waals surface area contributed by atoms with Crippen LogP contribution in [-0.2, 0) is 37.9 Å². The van der Waals surface area contributed by atoms with Crippen molar-refractivity contribution in [1.29, 1.82) is 0 Å². The Morgan fingerprint density at radius 2 is 0.713 bits per heavy atom. The third kappa shape index (κ3) is 8.73. The van der Waals surface area contributed by atoms with Crippen LogP contribution >= 0.6 is 14.7 Å². The molecule has 0 aromatic heterocycles. The summed E-state index contributed by atoms with van der Waals surface area (Å²) in [6, 6.07) is 70.0. The number of rotatable bonds is 10. The number of nitrogens with two attached hydrogens (primary N) is 2. The topological polar surface area (TPSA) is 130 Å². The van der Waals surface area contributed by atoms with E-state index in [1.54, 1.807) is 0 Å². The highest BCUT2D eigenvalue weighted by Gasteiger charge is 2.55. The van der Waals surface area contributed by atoms with E-state index in [1.807, 2.05) is 125 Å². The van der Waals surface area contributed by atoms with Gasteiger partial charge in [0, 0.05) is 63.5 Å². The van der Waals surface area contributed by atoms with Crippen molar-refractivity contribution >= 4 is 48.1 Å². The van der Waals surface area contributed by atoms with Gasteiger partial charge in [0.05, 0.1) is 10.6 Å². The minimum absolute atomic E-state index is 0.374. The van der Waals surface area contributed by atoms with Crippen LogP contribution < -0.4 is 50.4 Å². The molecular weight excluding hydrogens is 1110 g/mol. The molecule has 0 aliphatic carbocycles. The standard InChI is InChI=1S/C75H70N4O6P2/c1-47-37-57(38-48(2)71(47)76)74(7,86(80)69-23-15-11-19-63(69)61-17-9-13-21-67(61)84-86)53-25-31-59(32-26-53)78-43-51-41-55(29-35-65(51)82-45-78)73(5,6)56-30-36-66-52(42-56)44-79(46-83-66)60-33-27-54(28-34-60)75(8,58-39-49(3)72(77)50(4)40-58)87(81)70-24-16-12-20-64(70)62-18-10-14-22-68(62)85-87/h9-42H,43-46,76-77H2,1-8H3. The molecule has 0 fully saturated rings. The maximum absolute atomic E-state index is 16.3. The molecule has 10 nitrogen and oxygen atoms in total. The Morgan fingerprint density at radius 1 is 0.379 bits per heavy atom. The molecule has 4 N–H and O–H groups in total. The first-order valence-electron chi connectivity index (χ1n) is 29.8. The SMILES string of the molecule is Cc1cc(C(C)(c2ccc(N3COc4ccc(C(C)(C)c5ccc6c(c5)CN(c5ccc(C(C)(c7cc(C)c(N)c(C)c7)P7(=O)Oc8ccccc8-c8ccccc87)cc5)CO6)cc4C3)cc2)P2(=O)Oc3ccccc3-c3ccccc32)cc(C)c1N. The number of aryl methyl sites for hydroxylation is 4. The lowest BCUT2D eigenvalue weighted by atomic mass is 9.77. The van der Waals surface area contributed by atoms with Gasteiger partial charge in [0.2, 0.25) is 0 Å². The van der Waals surface area contributed by atoms with Crippen LogP contribution in [0.5, 0.6) is 23.0 Å². The highest BCUT2D eigenvalue weighted by molar-refractivity contribution is 7.69. The van der Waals surface area contributed by atoms with Gasteiger partial charge in [-0.15, -0.1) is 0 Å². The highest BCUT2D eigenvalue weighted by Crippen LogP contribution is 2.71. The minimum Gasteiger partial charge on any atom is -0.473 e. The quantitative estimate of drug-likeness (QED) is 0.101. The van der Waals surface area contributed by atoms with E-state index in [1.165, 1.54) is 0 Å². The maximum Gasteiger partial charge on any atom is 0.292 e. The molecule has 0 radical (unpaired) electrons. The van der Waals surface area contributed by atoms with Gasteiger partial charge < -0.3 is 39.8 Å². The Labute approximate surface area is 510 Å². The fraction of sp³-hybridized carbons (Fsp3) is 0.200. The maximum atomic E-state index is 16.3. The number of nitrogens with zero attached hydrogens (tertiary/aromatic N) is 2. The number of anilines is 4. The largest absolute Gasteiger partial charge is 0.473 e. The van der Waals surface area contributed by atoms with Gasteiger partial charge in [0.25, 0.3) is 14.7 Å². The predicted molar refractivity (Wildman–Crippen MR) is 354 cm³/mol. The van der Waals surface area contributed by atoms with E-state index in [0.717, 1.165) is 123 Å². The predicted octanol–water partition coefficient (Wildman–Crippen LogP) is 17.0. The summed E-state index contributed by atoms with van der Waals surface area (Å²) in [6.45, 7) is 18.7. The third-order valence-electron chi connectivity index (χ3n) is 19.4. The van der Waals surface area contributed by atoms with Crippen molar-refractivity contribution in [2.45, 2.75) is 84.2 Å². The van der Waals surface area contributed by atoms with Crippen LogP contribution in [0, 0.1) is 27.7 Å². The molecule has 87 heavy (non-hydrogen) atoms. The summed E-state index contributed by atoms with van der Waals surface area (Å²) >= 11 is 0. The molecule has 12 heteroatoms. The van der Waals surface area contributed by atoms with Crippen molar-refractivity contribution in [1.82, 2.24) is 0 Å². The Morgan fingerprint density at radius 3 is 1.09 bits per heavy atom. The van der Waals surface area contributed by atoms with Crippen LogP contribution in [0.1, 0.15) is 94.5 Å². The van der Waals surface area contributed by atoms with Crippen molar-refractivity contribution < 1.29 is 27.7 Å². The molecule has 0 amide bonds. The second-order valence-electron chi connectivity index (χ2n) is 24.8. The molecular formula is C75H70N4O6P2. The summed E-state index contributed by atoms with van der Waals surface area (Å²) in [7, 11) is -7.52. The average Bonchev–Trinajstić information content (AvgIpc) is 0.858. The third-order valence-corrected chi connectivity index (χ3v) is 25.7. The van der Waals surface area contributed by atoms with Gasteiger partial charge in [-0.1, -0.05) is 147 Å². The van der Waals surface area contributed by atoms with Crippen LogP contribution in [0.2, 0.25) is 0 Å². The normalized spacial score (nSPS) is 18.7. The average molecular weight is 1190 g/mol. The molecule has 4 atom stereocenters. The van der Waals surface area contributed by atoms with Gasteiger partial charge in [-0.25, -0.2) is 0 Å². The molecule has 14 rings (SSSR count). The lowest BCUT2D eigenvalue weighted by Gasteiger charge is -2.42. The summed E-state index contributed by atoms with van der Waals surface area (Å²) < 4.78 is 59.4. The fourth-order valence-corrected chi connectivity index (χ4v) is 19.7. The van der Waals surface area contributed by atoms with Gasteiger partial charge in [0.1, 0.15) is 33.3 Å². The first-order valence-corrected chi connectivity index (χ1v) is 33.0.